The Bertz CT molecular complexity index is 662. The Morgan fingerprint density at radius 1 is 1.23 bits per heavy atom. The number of hydrogen-bond donors (Lipinski definition) is 2. The maximum Gasteiger partial charge on any atom is 0.401 e. The molecule has 2 aliphatic heterocycles. The predicted molar refractivity (Wildman–Crippen MR) is 132 cm³/mol. The molecule has 2 atom stereocenters. The zero-order valence-corrected chi connectivity index (χ0v) is 21.5. The fourth-order valence-electron chi connectivity index (χ4n) is 4.36. The van der Waals surface area contributed by atoms with Gasteiger partial charge in [0.1, 0.15) is 0 Å². The van der Waals surface area contributed by atoms with Gasteiger partial charge in [-0.25, -0.2) is 0 Å². The van der Waals surface area contributed by atoms with Crippen molar-refractivity contribution in [3.63, 3.8) is 0 Å². The van der Waals surface area contributed by atoms with E-state index in [1.165, 1.54) is 22.6 Å². The molecular formula is C21H35F3IN5S. The monoisotopic (exact) mass is 573 g/mol. The number of nitrogens with one attached hydrogen (secondary N) is 2. The SMILES string of the molecule is CN=C(NCC1CCN(CC(F)(F)F)C1)NCC(c1cccs1)N1CCC(C)CC1.I. The van der Waals surface area contributed by atoms with E-state index < -0.39 is 12.7 Å². The van der Waals surface area contributed by atoms with E-state index in [1.807, 2.05) is 0 Å². The summed E-state index contributed by atoms with van der Waals surface area (Å²) in [5.41, 5.74) is 0. The van der Waals surface area contributed by atoms with Crippen LogP contribution in [-0.2, 0) is 0 Å². The van der Waals surface area contributed by atoms with E-state index in [-0.39, 0.29) is 29.9 Å². The van der Waals surface area contributed by atoms with Gasteiger partial charge in [0.25, 0.3) is 0 Å². The molecule has 0 saturated carbocycles. The van der Waals surface area contributed by atoms with Crippen molar-refractivity contribution in [2.45, 2.75) is 38.4 Å². The van der Waals surface area contributed by atoms with Gasteiger partial charge in [-0.2, -0.15) is 13.2 Å². The van der Waals surface area contributed by atoms with Crippen LogP contribution in [0.15, 0.2) is 22.5 Å². The first-order valence-corrected chi connectivity index (χ1v) is 11.7. The van der Waals surface area contributed by atoms with Gasteiger partial charge in [0.2, 0.25) is 0 Å². The second-order valence-corrected chi connectivity index (χ2v) is 9.57. The Hall–Kier alpha value is -0.590. The molecule has 0 spiro atoms. The summed E-state index contributed by atoms with van der Waals surface area (Å²) in [6.45, 7) is 6.11. The Morgan fingerprint density at radius 3 is 2.58 bits per heavy atom. The number of likely N-dealkylation sites (tertiary alicyclic amines) is 2. The van der Waals surface area contributed by atoms with Crippen LogP contribution in [0, 0.1) is 11.8 Å². The van der Waals surface area contributed by atoms with Crippen LogP contribution in [0.4, 0.5) is 13.2 Å². The first kappa shape index (κ1) is 26.7. The van der Waals surface area contributed by atoms with Gasteiger partial charge < -0.3 is 10.6 Å². The number of guanidine groups is 1. The third-order valence-electron chi connectivity index (χ3n) is 6.15. The summed E-state index contributed by atoms with van der Waals surface area (Å²) in [6.07, 6.45) is -0.886. The largest absolute Gasteiger partial charge is 0.401 e. The van der Waals surface area contributed by atoms with E-state index in [9.17, 15) is 13.2 Å². The lowest BCUT2D eigenvalue weighted by atomic mass is 9.97. The normalized spacial score (nSPS) is 22.9. The molecule has 0 bridgehead atoms. The molecule has 2 aliphatic rings. The van der Waals surface area contributed by atoms with Gasteiger partial charge in [0.15, 0.2) is 5.96 Å². The van der Waals surface area contributed by atoms with E-state index in [0.717, 1.165) is 37.9 Å². The number of halogens is 4. The first-order valence-electron chi connectivity index (χ1n) is 10.8. The van der Waals surface area contributed by atoms with Crippen molar-refractivity contribution in [2.75, 3.05) is 52.9 Å². The summed E-state index contributed by atoms with van der Waals surface area (Å²) in [5.74, 6) is 1.72. The molecule has 0 aromatic carbocycles. The van der Waals surface area contributed by atoms with E-state index in [2.05, 4.69) is 45.0 Å². The predicted octanol–water partition coefficient (Wildman–Crippen LogP) is 4.19. The summed E-state index contributed by atoms with van der Waals surface area (Å²) in [5, 5.41) is 8.89. The lowest BCUT2D eigenvalue weighted by Gasteiger charge is -2.36. The molecule has 0 radical (unpaired) electrons. The lowest BCUT2D eigenvalue weighted by Crippen LogP contribution is -2.46. The Kier molecular flexibility index (Phi) is 10.8. The fraction of sp³-hybridized carbons (Fsp3) is 0.762. The van der Waals surface area contributed by atoms with Gasteiger partial charge in [0.05, 0.1) is 12.6 Å². The number of alkyl halides is 3. The maximum atomic E-state index is 12.6. The van der Waals surface area contributed by atoms with Gasteiger partial charge in [-0.3, -0.25) is 14.8 Å². The van der Waals surface area contributed by atoms with Crippen molar-refractivity contribution in [1.82, 2.24) is 20.4 Å². The molecule has 10 heteroatoms. The summed E-state index contributed by atoms with van der Waals surface area (Å²) < 4.78 is 37.7. The van der Waals surface area contributed by atoms with Crippen molar-refractivity contribution >= 4 is 41.3 Å². The molecule has 2 N–H and O–H groups in total. The van der Waals surface area contributed by atoms with Crippen LogP contribution in [0.1, 0.15) is 37.1 Å². The van der Waals surface area contributed by atoms with Crippen LogP contribution >= 0.6 is 35.3 Å². The molecule has 1 aromatic rings. The zero-order valence-electron chi connectivity index (χ0n) is 18.3. The first-order chi connectivity index (χ1) is 14.3. The van der Waals surface area contributed by atoms with Crippen LogP contribution in [0.25, 0.3) is 0 Å². The maximum absolute atomic E-state index is 12.6. The molecule has 0 aliphatic carbocycles. The van der Waals surface area contributed by atoms with E-state index in [1.54, 1.807) is 18.4 Å². The van der Waals surface area contributed by atoms with Gasteiger partial charge in [-0.05, 0) is 62.2 Å². The average Bonchev–Trinajstić information content (AvgIpc) is 3.37. The smallest absolute Gasteiger partial charge is 0.356 e. The molecule has 2 fully saturated rings. The van der Waals surface area contributed by atoms with Crippen molar-refractivity contribution < 1.29 is 13.2 Å². The van der Waals surface area contributed by atoms with Gasteiger partial charge >= 0.3 is 6.18 Å². The molecule has 178 valence electrons. The molecule has 3 heterocycles. The number of nitrogens with zero attached hydrogens (tertiary/aromatic N) is 3. The lowest BCUT2D eigenvalue weighted by molar-refractivity contribution is -0.143. The number of rotatable bonds is 7. The number of aliphatic imine (C=N–C) groups is 1. The van der Waals surface area contributed by atoms with Crippen LogP contribution in [0.2, 0.25) is 0 Å². The van der Waals surface area contributed by atoms with Gasteiger partial charge in [-0.15, -0.1) is 35.3 Å². The number of hydrogen-bond acceptors (Lipinski definition) is 4. The van der Waals surface area contributed by atoms with Crippen LogP contribution in [0.3, 0.4) is 0 Å². The van der Waals surface area contributed by atoms with Crippen molar-refractivity contribution in [2.24, 2.45) is 16.8 Å². The minimum Gasteiger partial charge on any atom is -0.356 e. The molecule has 0 amide bonds. The van der Waals surface area contributed by atoms with Crippen molar-refractivity contribution in [3.8, 4) is 0 Å². The fourth-order valence-corrected chi connectivity index (χ4v) is 5.22. The molecular weight excluding hydrogens is 538 g/mol. The molecule has 1 aromatic heterocycles. The third kappa shape index (κ3) is 8.70. The zero-order chi connectivity index (χ0) is 21.6. The summed E-state index contributed by atoms with van der Waals surface area (Å²) in [4.78, 5) is 9.72. The summed E-state index contributed by atoms with van der Waals surface area (Å²) in [6, 6.07) is 4.60. The molecule has 2 saturated heterocycles. The highest BCUT2D eigenvalue weighted by atomic mass is 127. The summed E-state index contributed by atoms with van der Waals surface area (Å²) in [7, 11) is 1.74. The molecule has 5 nitrogen and oxygen atoms in total. The van der Waals surface area contributed by atoms with Crippen LogP contribution in [0.5, 0.6) is 0 Å². The number of thiophene rings is 1. The molecule has 2 unspecified atom stereocenters. The highest BCUT2D eigenvalue weighted by Crippen LogP contribution is 2.29. The topological polar surface area (TPSA) is 42.9 Å². The average molecular weight is 574 g/mol. The van der Waals surface area contributed by atoms with Crippen LogP contribution < -0.4 is 10.6 Å². The van der Waals surface area contributed by atoms with E-state index in [0.29, 0.717) is 25.7 Å². The van der Waals surface area contributed by atoms with E-state index >= 15 is 0 Å². The minimum atomic E-state index is -4.12. The van der Waals surface area contributed by atoms with Gasteiger partial charge in [-0.1, -0.05) is 13.0 Å². The Morgan fingerprint density at radius 2 is 1.97 bits per heavy atom. The van der Waals surface area contributed by atoms with Gasteiger partial charge in [0, 0.05) is 31.6 Å². The minimum absolute atomic E-state index is 0. The van der Waals surface area contributed by atoms with E-state index in [4.69, 9.17) is 0 Å². The summed E-state index contributed by atoms with van der Waals surface area (Å²) >= 11 is 1.78. The van der Waals surface area contributed by atoms with Crippen molar-refractivity contribution in [3.05, 3.63) is 22.4 Å². The highest BCUT2D eigenvalue weighted by Gasteiger charge is 2.34. The Labute approximate surface area is 204 Å². The standard InChI is InChI=1S/C21H34F3N5S.HI/c1-16-5-9-29(10-6-16)18(19-4-3-11-30-19)13-27-20(25-2)26-12-17-7-8-28(14-17)15-21(22,23)24;/h3-4,11,16-18H,5-10,12-15H2,1-2H3,(H2,25,26,27);1H. The van der Waals surface area contributed by atoms with Crippen LogP contribution in [-0.4, -0.2) is 74.8 Å². The Balaban J connectivity index is 0.00000341. The third-order valence-corrected chi connectivity index (χ3v) is 7.12. The van der Waals surface area contributed by atoms with Crippen molar-refractivity contribution in [1.29, 1.82) is 0 Å². The second kappa shape index (κ2) is 12.6. The highest BCUT2D eigenvalue weighted by molar-refractivity contribution is 14.0. The molecule has 31 heavy (non-hydrogen) atoms. The quantitative estimate of drug-likeness (QED) is 0.292. The second-order valence-electron chi connectivity index (χ2n) is 8.59. The molecule has 3 rings (SSSR count). The number of piperidine rings is 1.